The fraction of sp³-hybridized carbons (Fsp3) is 0.143. The molecule has 2 heterocycles. The molecule has 3 aromatic rings. The van der Waals surface area contributed by atoms with E-state index in [4.69, 9.17) is 0 Å². The lowest BCUT2D eigenvalue weighted by Crippen LogP contribution is -2.18. The second-order valence-corrected chi connectivity index (χ2v) is 6.69. The quantitative estimate of drug-likeness (QED) is 0.761. The molecule has 0 spiro atoms. The largest absolute Gasteiger partial charge is 0.573 e. The summed E-state index contributed by atoms with van der Waals surface area (Å²) in [5.41, 5.74) is 1.10. The summed E-state index contributed by atoms with van der Waals surface area (Å²) in [5, 5.41) is 4.13. The van der Waals surface area contributed by atoms with Crippen LogP contribution in [0.25, 0.3) is 5.65 Å². The minimum Gasteiger partial charge on any atom is -0.406 e. The Morgan fingerprint density at radius 3 is 2.48 bits per heavy atom. The molecule has 25 heavy (non-hydrogen) atoms. The van der Waals surface area contributed by atoms with Crippen LogP contribution in [0.15, 0.2) is 47.5 Å². The number of fused-ring (bicyclic) bond motifs is 1. The van der Waals surface area contributed by atoms with Gasteiger partial charge in [-0.15, -0.1) is 13.2 Å². The molecule has 1 aromatic carbocycles. The van der Waals surface area contributed by atoms with Gasteiger partial charge in [0.15, 0.2) is 5.65 Å². The third-order valence-electron chi connectivity index (χ3n) is 3.09. The molecular weight excluding hydrogens is 361 g/mol. The molecular formula is C14H11F3N4O3S. The van der Waals surface area contributed by atoms with Gasteiger partial charge in [0.05, 0.1) is 10.6 Å². The van der Waals surface area contributed by atoms with Crippen molar-refractivity contribution >= 4 is 21.5 Å². The summed E-state index contributed by atoms with van der Waals surface area (Å²) in [5.74, 6) is -0.367. The molecule has 0 fully saturated rings. The fourth-order valence-electron chi connectivity index (χ4n) is 2.10. The van der Waals surface area contributed by atoms with Crippen LogP contribution >= 0.6 is 0 Å². The second-order valence-electron chi connectivity index (χ2n) is 5.01. The Labute approximate surface area is 140 Å². The van der Waals surface area contributed by atoms with Crippen molar-refractivity contribution in [1.29, 1.82) is 0 Å². The van der Waals surface area contributed by atoms with Crippen LogP contribution < -0.4 is 9.46 Å². The zero-order chi connectivity index (χ0) is 18.2. The number of hydrogen-bond donors (Lipinski definition) is 1. The van der Waals surface area contributed by atoms with Crippen LogP contribution in [0.2, 0.25) is 0 Å². The first-order valence-electron chi connectivity index (χ1n) is 6.84. The molecule has 3 rings (SSSR count). The molecule has 2 aromatic heterocycles. The van der Waals surface area contributed by atoms with E-state index in [2.05, 4.69) is 19.5 Å². The summed E-state index contributed by atoms with van der Waals surface area (Å²) in [6.45, 7) is 1.73. The minimum atomic E-state index is -4.85. The highest BCUT2D eigenvalue weighted by atomic mass is 32.2. The van der Waals surface area contributed by atoms with Crippen molar-refractivity contribution in [3.63, 3.8) is 0 Å². The van der Waals surface area contributed by atoms with Crippen molar-refractivity contribution in [2.75, 3.05) is 4.72 Å². The number of benzene rings is 1. The molecule has 0 atom stereocenters. The molecule has 132 valence electrons. The zero-order valence-electron chi connectivity index (χ0n) is 12.6. The number of anilines is 1. The molecule has 0 saturated heterocycles. The molecule has 0 unspecified atom stereocenters. The number of sulfonamides is 1. The molecule has 0 aliphatic carbocycles. The van der Waals surface area contributed by atoms with E-state index in [1.807, 2.05) is 0 Å². The molecule has 11 heteroatoms. The maximum absolute atomic E-state index is 12.4. The van der Waals surface area contributed by atoms with Crippen LogP contribution in [0.5, 0.6) is 5.75 Å². The zero-order valence-corrected chi connectivity index (χ0v) is 13.5. The van der Waals surface area contributed by atoms with E-state index in [0.717, 1.165) is 24.3 Å². The highest BCUT2D eigenvalue weighted by Crippen LogP contribution is 2.24. The van der Waals surface area contributed by atoms with Crippen LogP contribution in [-0.4, -0.2) is 29.4 Å². The summed E-state index contributed by atoms with van der Waals surface area (Å²) in [6.07, 6.45) is -3.44. The minimum absolute atomic E-state index is 0.147. The van der Waals surface area contributed by atoms with Crippen LogP contribution in [0.1, 0.15) is 5.69 Å². The summed E-state index contributed by atoms with van der Waals surface area (Å²) in [4.78, 5) is 3.83. The monoisotopic (exact) mass is 372 g/mol. The normalized spacial score (nSPS) is 12.3. The lowest BCUT2D eigenvalue weighted by Gasteiger charge is -2.11. The van der Waals surface area contributed by atoms with Crippen molar-refractivity contribution < 1.29 is 26.3 Å². The predicted octanol–water partition coefficient (Wildman–Crippen LogP) is 2.74. The third-order valence-corrected chi connectivity index (χ3v) is 4.46. The van der Waals surface area contributed by atoms with Gasteiger partial charge in [0, 0.05) is 12.3 Å². The Balaban J connectivity index is 1.88. The Morgan fingerprint density at radius 1 is 1.16 bits per heavy atom. The van der Waals surface area contributed by atoms with E-state index in [0.29, 0.717) is 11.3 Å². The average molecular weight is 372 g/mol. The summed E-state index contributed by atoms with van der Waals surface area (Å²) < 4.78 is 68.6. The number of hydrogen-bond acceptors (Lipinski definition) is 5. The Bertz CT molecular complexity index is 1010. The van der Waals surface area contributed by atoms with E-state index < -0.39 is 22.1 Å². The maximum atomic E-state index is 12.4. The number of aromatic nitrogens is 3. The van der Waals surface area contributed by atoms with Crippen molar-refractivity contribution in [2.24, 2.45) is 0 Å². The molecule has 1 N–H and O–H groups in total. The number of aryl methyl sites for hydroxylation is 1. The highest BCUT2D eigenvalue weighted by Gasteiger charge is 2.31. The highest BCUT2D eigenvalue weighted by molar-refractivity contribution is 7.92. The van der Waals surface area contributed by atoms with Crippen LogP contribution in [0.4, 0.5) is 19.0 Å². The predicted molar refractivity (Wildman–Crippen MR) is 81.7 cm³/mol. The second kappa shape index (κ2) is 5.92. The number of rotatable bonds is 4. The Hall–Kier alpha value is -2.82. The Morgan fingerprint density at radius 2 is 1.84 bits per heavy atom. The Kier molecular flexibility index (Phi) is 4.03. The van der Waals surface area contributed by atoms with Crippen LogP contribution in [-0.2, 0) is 10.0 Å². The molecule has 0 bridgehead atoms. The van der Waals surface area contributed by atoms with E-state index in [9.17, 15) is 21.6 Å². The van der Waals surface area contributed by atoms with Gasteiger partial charge in [-0.3, -0.25) is 4.72 Å². The number of alkyl halides is 3. The van der Waals surface area contributed by atoms with Gasteiger partial charge >= 0.3 is 6.36 Å². The average Bonchev–Trinajstić information content (AvgIpc) is 2.87. The van der Waals surface area contributed by atoms with Gasteiger partial charge < -0.3 is 4.74 Å². The topological polar surface area (TPSA) is 85.6 Å². The van der Waals surface area contributed by atoms with E-state index >= 15 is 0 Å². The van der Waals surface area contributed by atoms with Gasteiger partial charge in [0.25, 0.3) is 10.0 Å². The van der Waals surface area contributed by atoms with E-state index in [-0.39, 0.29) is 10.7 Å². The van der Waals surface area contributed by atoms with Crippen LogP contribution in [0, 0.1) is 6.92 Å². The third kappa shape index (κ3) is 3.82. The van der Waals surface area contributed by atoms with Gasteiger partial charge in [-0.25, -0.2) is 13.4 Å². The maximum Gasteiger partial charge on any atom is 0.573 e. The molecule has 0 aliphatic heterocycles. The summed E-state index contributed by atoms with van der Waals surface area (Å²) in [7, 11) is -4.03. The van der Waals surface area contributed by atoms with Gasteiger partial charge in [0.2, 0.25) is 0 Å². The van der Waals surface area contributed by atoms with Crippen molar-refractivity contribution in [3.8, 4) is 5.75 Å². The van der Waals surface area contributed by atoms with Crippen molar-refractivity contribution in [3.05, 3.63) is 48.3 Å². The first-order chi connectivity index (χ1) is 11.6. The standard InChI is InChI=1S/C14H11F3N4O3S/c1-9-8-13-18-7-6-12(21(13)19-9)20-25(22,23)11-4-2-10(3-5-11)24-14(15,16)17/h2-8,20H,1H3. The lowest BCUT2D eigenvalue weighted by molar-refractivity contribution is -0.274. The molecule has 7 nitrogen and oxygen atoms in total. The number of nitrogens with one attached hydrogen (secondary N) is 1. The SMILES string of the molecule is Cc1cc2nccc(NS(=O)(=O)c3ccc(OC(F)(F)F)cc3)n2n1. The molecule has 0 aliphatic rings. The smallest absolute Gasteiger partial charge is 0.406 e. The fourth-order valence-corrected chi connectivity index (χ4v) is 3.15. The van der Waals surface area contributed by atoms with Gasteiger partial charge in [0.1, 0.15) is 11.6 Å². The van der Waals surface area contributed by atoms with Crippen LogP contribution in [0.3, 0.4) is 0 Å². The van der Waals surface area contributed by atoms with Gasteiger partial charge in [-0.1, -0.05) is 0 Å². The first-order valence-corrected chi connectivity index (χ1v) is 8.32. The summed E-state index contributed by atoms with van der Waals surface area (Å²) >= 11 is 0. The van der Waals surface area contributed by atoms with Crippen molar-refractivity contribution in [2.45, 2.75) is 18.2 Å². The molecule has 0 saturated carbocycles. The number of halogens is 3. The van der Waals surface area contributed by atoms with Gasteiger partial charge in [-0.05, 0) is 37.3 Å². The number of nitrogens with zero attached hydrogens (tertiary/aromatic N) is 3. The van der Waals surface area contributed by atoms with E-state index in [1.54, 1.807) is 13.0 Å². The number of ether oxygens (including phenoxy) is 1. The first kappa shape index (κ1) is 17.0. The van der Waals surface area contributed by atoms with Crippen molar-refractivity contribution in [1.82, 2.24) is 14.6 Å². The van der Waals surface area contributed by atoms with Gasteiger partial charge in [-0.2, -0.15) is 9.61 Å². The summed E-state index contributed by atoms with van der Waals surface area (Å²) in [6, 6.07) is 6.94. The lowest BCUT2D eigenvalue weighted by atomic mass is 10.3. The van der Waals surface area contributed by atoms with E-state index in [1.165, 1.54) is 16.8 Å². The molecule has 0 radical (unpaired) electrons. The molecule has 0 amide bonds.